The minimum Gasteiger partial charge on any atom is -0.390 e. The molecule has 0 bridgehead atoms. The second kappa shape index (κ2) is 6.22. The van der Waals surface area contributed by atoms with Gasteiger partial charge in [0.1, 0.15) is 0 Å². The van der Waals surface area contributed by atoms with Crippen LogP contribution in [-0.2, 0) is 6.54 Å². The van der Waals surface area contributed by atoms with Gasteiger partial charge in [0.25, 0.3) is 0 Å². The van der Waals surface area contributed by atoms with Crippen LogP contribution in [-0.4, -0.2) is 21.8 Å². The molecular weight excluding hydrogens is 212 g/mol. The van der Waals surface area contributed by atoms with Gasteiger partial charge >= 0.3 is 0 Å². The Labute approximate surface area is 105 Å². The lowest BCUT2D eigenvalue weighted by molar-refractivity contribution is 0.0662. The van der Waals surface area contributed by atoms with E-state index in [1.54, 1.807) is 0 Å². The lowest BCUT2D eigenvalue weighted by atomic mass is 10.1. The van der Waals surface area contributed by atoms with Crippen molar-refractivity contribution in [3.05, 3.63) is 24.0 Å². The molecule has 98 valence electrons. The summed E-state index contributed by atoms with van der Waals surface area (Å²) < 4.78 is 2.15. The number of hydrogen-bond donors (Lipinski definition) is 2. The van der Waals surface area contributed by atoms with Crippen molar-refractivity contribution in [2.45, 2.75) is 58.7 Å². The average Bonchev–Trinajstić information content (AvgIpc) is 2.70. The topological polar surface area (TPSA) is 37.2 Å². The molecule has 0 amide bonds. The van der Waals surface area contributed by atoms with Crippen molar-refractivity contribution in [1.82, 2.24) is 9.88 Å². The third-order valence-corrected chi connectivity index (χ3v) is 2.96. The second-order valence-corrected chi connectivity index (χ2v) is 5.42. The van der Waals surface area contributed by atoms with Crippen LogP contribution in [0.15, 0.2) is 18.5 Å². The Morgan fingerprint density at radius 1 is 1.47 bits per heavy atom. The van der Waals surface area contributed by atoms with Crippen molar-refractivity contribution < 1.29 is 5.11 Å². The van der Waals surface area contributed by atoms with Crippen molar-refractivity contribution in [2.24, 2.45) is 0 Å². The van der Waals surface area contributed by atoms with E-state index in [1.165, 1.54) is 5.56 Å². The van der Waals surface area contributed by atoms with Gasteiger partial charge < -0.3 is 15.0 Å². The molecule has 0 aromatic carbocycles. The SMILES string of the molecule is CCCNC(C)c1ccn(CCC(C)(C)O)c1. The Hall–Kier alpha value is -0.800. The zero-order valence-corrected chi connectivity index (χ0v) is 11.5. The van der Waals surface area contributed by atoms with Crippen molar-refractivity contribution in [3.8, 4) is 0 Å². The van der Waals surface area contributed by atoms with Gasteiger partial charge in [0.2, 0.25) is 0 Å². The van der Waals surface area contributed by atoms with Crippen molar-refractivity contribution >= 4 is 0 Å². The molecule has 1 atom stereocenters. The highest BCUT2D eigenvalue weighted by Gasteiger charge is 2.12. The van der Waals surface area contributed by atoms with Crippen LogP contribution in [0.25, 0.3) is 0 Å². The van der Waals surface area contributed by atoms with Gasteiger partial charge in [-0.15, -0.1) is 0 Å². The molecule has 3 heteroatoms. The van der Waals surface area contributed by atoms with Gasteiger partial charge in [0, 0.05) is 25.0 Å². The maximum absolute atomic E-state index is 9.69. The molecule has 0 aliphatic carbocycles. The normalized spacial score (nSPS) is 13.9. The number of rotatable bonds is 7. The van der Waals surface area contributed by atoms with Crippen molar-refractivity contribution in [1.29, 1.82) is 0 Å². The van der Waals surface area contributed by atoms with E-state index >= 15 is 0 Å². The number of nitrogens with one attached hydrogen (secondary N) is 1. The van der Waals surface area contributed by atoms with Gasteiger partial charge in [-0.3, -0.25) is 0 Å². The highest BCUT2D eigenvalue weighted by Crippen LogP contribution is 2.15. The molecule has 0 aliphatic heterocycles. The van der Waals surface area contributed by atoms with E-state index < -0.39 is 5.60 Å². The molecule has 0 saturated carbocycles. The minimum atomic E-state index is -0.587. The fourth-order valence-corrected chi connectivity index (χ4v) is 1.74. The fourth-order valence-electron chi connectivity index (χ4n) is 1.74. The number of aryl methyl sites for hydroxylation is 1. The molecule has 17 heavy (non-hydrogen) atoms. The van der Waals surface area contributed by atoms with E-state index in [2.05, 4.69) is 42.2 Å². The van der Waals surface area contributed by atoms with Gasteiger partial charge in [0.05, 0.1) is 5.60 Å². The summed E-state index contributed by atoms with van der Waals surface area (Å²) in [4.78, 5) is 0. The highest BCUT2D eigenvalue weighted by molar-refractivity contribution is 5.14. The molecule has 0 aliphatic rings. The maximum atomic E-state index is 9.69. The third kappa shape index (κ3) is 5.37. The summed E-state index contributed by atoms with van der Waals surface area (Å²) in [5.74, 6) is 0. The number of aromatic nitrogens is 1. The summed E-state index contributed by atoms with van der Waals surface area (Å²) >= 11 is 0. The van der Waals surface area contributed by atoms with Crippen LogP contribution in [0, 0.1) is 0 Å². The predicted molar refractivity (Wildman–Crippen MR) is 72.1 cm³/mol. The summed E-state index contributed by atoms with van der Waals surface area (Å²) in [5, 5.41) is 13.2. The molecule has 0 fully saturated rings. The summed E-state index contributed by atoms with van der Waals surface area (Å²) in [6.07, 6.45) is 6.19. The molecule has 2 N–H and O–H groups in total. The summed E-state index contributed by atoms with van der Waals surface area (Å²) in [6, 6.07) is 2.55. The largest absolute Gasteiger partial charge is 0.390 e. The zero-order valence-electron chi connectivity index (χ0n) is 11.5. The summed E-state index contributed by atoms with van der Waals surface area (Å²) in [5.41, 5.74) is 0.727. The Bertz CT molecular complexity index is 325. The molecule has 1 unspecified atom stereocenters. The van der Waals surface area contributed by atoms with Crippen LogP contribution in [0.4, 0.5) is 0 Å². The molecular formula is C14H26N2O. The quantitative estimate of drug-likeness (QED) is 0.766. The van der Waals surface area contributed by atoms with Gasteiger partial charge in [-0.05, 0) is 51.8 Å². The highest BCUT2D eigenvalue weighted by atomic mass is 16.3. The number of aliphatic hydroxyl groups is 1. The lowest BCUT2D eigenvalue weighted by Gasteiger charge is -2.17. The van der Waals surface area contributed by atoms with Gasteiger partial charge in [-0.1, -0.05) is 6.92 Å². The molecule has 1 aromatic heterocycles. The standard InChI is InChI=1S/C14H26N2O/c1-5-8-15-12(2)13-6-9-16(11-13)10-7-14(3,4)17/h6,9,11-12,15,17H,5,7-8,10H2,1-4H3. The molecule has 1 aromatic rings. The first kappa shape index (κ1) is 14.3. The Morgan fingerprint density at radius 2 is 2.18 bits per heavy atom. The number of nitrogens with zero attached hydrogens (tertiary/aromatic N) is 1. The zero-order chi connectivity index (χ0) is 12.9. The maximum Gasteiger partial charge on any atom is 0.0608 e. The van der Waals surface area contributed by atoms with E-state index in [1.807, 2.05) is 13.8 Å². The van der Waals surface area contributed by atoms with E-state index in [-0.39, 0.29) is 0 Å². The molecule has 0 spiro atoms. The van der Waals surface area contributed by atoms with E-state index in [0.717, 1.165) is 25.9 Å². The van der Waals surface area contributed by atoms with Gasteiger partial charge in [-0.25, -0.2) is 0 Å². The summed E-state index contributed by atoms with van der Waals surface area (Å²) in [6.45, 7) is 9.98. The van der Waals surface area contributed by atoms with Crippen LogP contribution in [0.3, 0.4) is 0 Å². The van der Waals surface area contributed by atoms with E-state index in [4.69, 9.17) is 0 Å². The van der Waals surface area contributed by atoms with Crippen molar-refractivity contribution in [3.63, 3.8) is 0 Å². The van der Waals surface area contributed by atoms with E-state index in [0.29, 0.717) is 6.04 Å². The molecule has 1 rings (SSSR count). The van der Waals surface area contributed by atoms with Crippen LogP contribution in [0.2, 0.25) is 0 Å². The third-order valence-electron chi connectivity index (χ3n) is 2.96. The van der Waals surface area contributed by atoms with Crippen molar-refractivity contribution in [2.75, 3.05) is 6.54 Å². The molecule has 0 saturated heterocycles. The Morgan fingerprint density at radius 3 is 2.76 bits per heavy atom. The fraction of sp³-hybridized carbons (Fsp3) is 0.714. The minimum absolute atomic E-state index is 0.401. The van der Waals surface area contributed by atoms with Gasteiger partial charge in [0.15, 0.2) is 0 Å². The molecule has 3 nitrogen and oxygen atoms in total. The van der Waals surface area contributed by atoms with Gasteiger partial charge in [-0.2, -0.15) is 0 Å². The Balaban J connectivity index is 2.47. The first-order valence-electron chi connectivity index (χ1n) is 6.54. The molecule has 1 heterocycles. The summed E-state index contributed by atoms with van der Waals surface area (Å²) in [7, 11) is 0. The smallest absolute Gasteiger partial charge is 0.0608 e. The van der Waals surface area contributed by atoms with Crippen LogP contribution < -0.4 is 5.32 Å². The number of hydrogen-bond acceptors (Lipinski definition) is 2. The van der Waals surface area contributed by atoms with Crippen LogP contribution >= 0.6 is 0 Å². The Kier molecular flexibility index (Phi) is 5.22. The average molecular weight is 238 g/mol. The second-order valence-electron chi connectivity index (χ2n) is 5.42. The predicted octanol–water partition coefficient (Wildman–Crippen LogP) is 2.71. The molecule has 0 radical (unpaired) electrons. The van der Waals surface area contributed by atoms with Crippen LogP contribution in [0.1, 0.15) is 52.1 Å². The van der Waals surface area contributed by atoms with Crippen LogP contribution in [0.5, 0.6) is 0 Å². The lowest BCUT2D eigenvalue weighted by Crippen LogP contribution is -2.21. The first-order chi connectivity index (χ1) is 7.92. The first-order valence-corrected chi connectivity index (χ1v) is 6.54. The van der Waals surface area contributed by atoms with E-state index in [9.17, 15) is 5.11 Å². The monoisotopic (exact) mass is 238 g/mol.